The van der Waals surface area contributed by atoms with Gasteiger partial charge >= 0.3 is 5.97 Å². The molecule has 2 aliphatic heterocycles. The number of thioether (sulfide) groups is 1. The van der Waals surface area contributed by atoms with Crippen molar-refractivity contribution in [2.75, 3.05) is 13.4 Å². The largest absolute Gasteiger partial charge is 0.506 e. The second kappa shape index (κ2) is 8.93. The average molecular weight is 475 g/mol. The SMILES string of the molecule is CCOC(=O)C1=C(O)/C(=C/c2cc3c(cc2[N+](=O)[O-])OCO3)SC1=Nc1ccc(Cl)cc1. The molecule has 0 atom stereocenters. The lowest BCUT2D eigenvalue weighted by atomic mass is 10.1. The smallest absolute Gasteiger partial charge is 0.344 e. The number of aliphatic imine (C=N–C) groups is 1. The van der Waals surface area contributed by atoms with E-state index < -0.39 is 10.9 Å². The lowest BCUT2D eigenvalue weighted by molar-refractivity contribution is -0.385. The number of rotatable bonds is 5. The van der Waals surface area contributed by atoms with Gasteiger partial charge in [0.15, 0.2) is 11.5 Å². The van der Waals surface area contributed by atoms with E-state index in [-0.39, 0.29) is 51.7 Å². The van der Waals surface area contributed by atoms with Gasteiger partial charge < -0.3 is 19.3 Å². The minimum Gasteiger partial charge on any atom is -0.506 e. The first-order valence-electron chi connectivity index (χ1n) is 9.30. The summed E-state index contributed by atoms with van der Waals surface area (Å²) in [4.78, 5) is 28.1. The van der Waals surface area contributed by atoms with Gasteiger partial charge in [0.05, 0.1) is 33.8 Å². The predicted molar refractivity (Wildman–Crippen MR) is 120 cm³/mol. The van der Waals surface area contributed by atoms with Crippen LogP contribution in [0.4, 0.5) is 11.4 Å². The second-order valence-corrected chi connectivity index (χ2v) is 7.94. The predicted octanol–water partition coefficient (Wildman–Crippen LogP) is 5.17. The van der Waals surface area contributed by atoms with Gasteiger partial charge in [-0.05, 0) is 43.3 Å². The highest BCUT2D eigenvalue weighted by atomic mass is 35.5. The van der Waals surface area contributed by atoms with E-state index in [9.17, 15) is 20.0 Å². The molecule has 2 heterocycles. The molecule has 2 aromatic carbocycles. The van der Waals surface area contributed by atoms with E-state index in [1.807, 2.05) is 0 Å². The van der Waals surface area contributed by atoms with Crippen LogP contribution in [0.3, 0.4) is 0 Å². The van der Waals surface area contributed by atoms with Gasteiger partial charge in [-0.25, -0.2) is 9.79 Å². The Morgan fingerprint density at radius 1 is 1.31 bits per heavy atom. The number of esters is 1. The Morgan fingerprint density at radius 2 is 2.00 bits per heavy atom. The number of halogens is 1. The third-order valence-corrected chi connectivity index (χ3v) is 5.70. The van der Waals surface area contributed by atoms with Crippen LogP contribution in [0.1, 0.15) is 12.5 Å². The molecule has 0 unspecified atom stereocenters. The molecule has 0 aliphatic carbocycles. The number of nitro benzene ring substituents is 1. The van der Waals surface area contributed by atoms with E-state index in [0.717, 1.165) is 11.8 Å². The summed E-state index contributed by atoms with van der Waals surface area (Å²) >= 11 is 6.89. The van der Waals surface area contributed by atoms with Gasteiger partial charge in [0.25, 0.3) is 5.69 Å². The summed E-state index contributed by atoms with van der Waals surface area (Å²) in [6.07, 6.45) is 1.39. The van der Waals surface area contributed by atoms with Gasteiger partial charge in [-0.3, -0.25) is 10.1 Å². The summed E-state index contributed by atoms with van der Waals surface area (Å²) in [6.45, 7) is 1.69. The Kier molecular flexibility index (Phi) is 6.06. The Hall–Kier alpha value is -3.50. The Labute approximate surface area is 191 Å². The molecule has 2 aromatic rings. The molecule has 0 amide bonds. The van der Waals surface area contributed by atoms with Gasteiger partial charge in [0.2, 0.25) is 6.79 Å². The van der Waals surface area contributed by atoms with Crippen LogP contribution in [0.5, 0.6) is 11.5 Å². The summed E-state index contributed by atoms with van der Waals surface area (Å²) in [5, 5.41) is 23.1. The Morgan fingerprint density at radius 3 is 2.66 bits per heavy atom. The Balaban J connectivity index is 1.80. The van der Waals surface area contributed by atoms with Crippen LogP contribution in [0.15, 0.2) is 57.6 Å². The number of nitrogens with zero attached hydrogens (tertiary/aromatic N) is 2. The first kappa shape index (κ1) is 21.7. The molecule has 4 rings (SSSR count). The standard InChI is InChI=1S/C21H15ClN2O7S/c1-2-29-21(26)18-19(25)17(32-20(18)23-13-5-3-12(22)4-6-13)8-11-7-15-16(31-10-30-15)9-14(11)24(27)28/h3-9,25H,2,10H2,1H3/b17-8-,23-20?. The molecule has 32 heavy (non-hydrogen) atoms. The topological polar surface area (TPSA) is 120 Å². The van der Waals surface area contributed by atoms with E-state index in [0.29, 0.717) is 16.5 Å². The zero-order valence-electron chi connectivity index (χ0n) is 16.5. The molecular formula is C21H15ClN2O7S. The van der Waals surface area contributed by atoms with Crippen molar-refractivity contribution in [2.24, 2.45) is 4.99 Å². The third kappa shape index (κ3) is 4.27. The summed E-state index contributed by atoms with van der Waals surface area (Å²) in [5.74, 6) is -0.536. The molecule has 0 aromatic heterocycles. The van der Waals surface area contributed by atoms with Crippen molar-refractivity contribution >= 4 is 51.8 Å². The van der Waals surface area contributed by atoms with Gasteiger partial charge in [0, 0.05) is 5.02 Å². The number of nitro groups is 1. The lowest BCUT2D eigenvalue weighted by Crippen LogP contribution is -2.12. The van der Waals surface area contributed by atoms with Crippen LogP contribution >= 0.6 is 23.4 Å². The van der Waals surface area contributed by atoms with E-state index in [1.54, 1.807) is 31.2 Å². The molecule has 0 spiro atoms. The number of hydrogen-bond acceptors (Lipinski definition) is 9. The molecule has 9 nitrogen and oxygen atoms in total. The third-order valence-electron chi connectivity index (χ3n) is 4.43. The van der Waals surface area contributed by atoms with Crippen molar-refractivity contribution in [2.45, 2.75) is 6.92 Å². The van der Waals surface area contributed by atoms with Crippen molar-refractivity contribution < 1.29 is 29.0 Å². The average Bonchev–Trinajstić information content (AvgIpc) is 3.33. The van der Waals surface area contributed by atoms with E-state index >= 15 is 0 Å². The maximum atomic E-state index is 12.5. The van der Waals surface area contributed by atoms with Crippen LogP contribution in [0.2, 0.25) is 5.02 Å². The zero-order chi connectivity index (χ0) is 22.8. The number of aliphatic hydroxyl groups excluding tert-OH is 1. The van der Waals surface area contributed by atoms with Crippen LogP contribution < -0.4 is 9.47 Å². The van der Waals surface area contributed by atoms with Crippen LogP contribution in [-0.4, -0.2) is 34.4 Å². The van der Waals surface area contributed by atoms with Crippen LogP contribution in [-0.2, 0) is 9.53 Å². The molecule has 1 N–H and O–H groups in total. The maximum Gasteiger partial charge on any atom is 0.344 e. The van der Waals surface area contributed by atoms with E-state index in [4.69, 9.17) is 25.8 Å². The fourth-order valence-corrected chi connectivity index (χ4v) is 4.14. The minimum absolute atomic E-state index is 0.0443. The molecule has 0 bridgehead atoms. The monoisotopic (exact) mass is 474 g/mol. The van der Waals surface area contributed by atoms with Crippen molar-refractivity contribution in [3.8, 4) is 11.5 Å². The van der Waals surface area contributed by atoms with Crippen molar-refractivity contribution in [3.05, 3.63) is 73.3 Å². The molecular weight excluding hydrogens is 460 g/mol. The molecule has 0 saturated carbocycles. The van der Waals surface area contributed by atoms with Gasteiger partial charge in [-0.15, -0.1) is 0 Å². The second-order valence-electron chi connectivity index (χ2n) is 6.47. The number of carbonyl (C=O) groups excluding carboxylic acids is 1. The molecule has 0 radical (unpaired) electrons. The zero-order valence-corrected chi connectivity index (χ0v) is 18.1. The summed E-state index contributed by atoms with van der Waals surface area (Å²) in [5.41, 5.74) is 0.309. The van der Waals surface area contributed by atoms with Gasteiger partial charge in [-0.2, -0.15) is 0 Å². The number of ether oxygens (including phenoxy) is 3. The molecule has 0 fully saturated rings. The molecule has 0 saturated heterocycles. The van der Waals surface area contributed by atoms with E-state index in [1.165, 1.54) is 18.2 Å². The van der Waals surface area contributed by atoms with Crippen molar-refractivity contribution in [3.63, 3.8) is 0 Å². The number of benzene rings is 2. The highest BCUT2D eigenvalue weighted by Gasteiger charge is 2.34. The van der Waals surface area contributed by atoms with Gasteiger partial charge in [0.1, 0.15) is 16.4 Å². The normalized spacial score (nSPS) is 17.3. The molecule has 164 valence electrons. The highest BCUT2D eigenvalue weighted by Crippen LogP contribution is 2.43. The number of fused-ring (bicyclic) bond motifs is 1. The minimum atomic E-state index is -0.756. The van der Waals surface area contributed by atoms with Crippen LogP contribution in [0.25, 0.3) is 6.08 Å². The fourth-order valence-electron chi connectivity index (χ4n) is 2.99. The summed E-state index contributed by atoms with van der Waals surface area (Å²) in [6, 6.07) is 9.28. The summed E-state index contributed by atoms with van der Waals surface area (Å²) in [7, 11) is 0. The van der Waals surface area contributed by atoms with Gasteiger partial charge in [-0.1, -0.05) is 23.4 Å². The highest BCUT2D eigenvalue weighted by molar-refractivity contribution is 8.18. The number of aliphatic hydroxyl groups is 1. The first-order valence-corrected chi connectivity index (χ1v) is 10.5. The van der Waals surface area contributed by atoms with E-state index in [2.05, 4.69) is 4.99 Å². The number of hydrogen-bond donors (Lipinski definition) is 1. The maximum absolute atomic E-state index is 12.5. The fraction of sp³-hybridized carbons (Fsp3) is 0.143. The first-order chi connectivity index (χ1) is 15.4. The van der Waals surface area contributed by atoms with Crippen LogP contribution in [0, 0.1) is 10.1 Å². The van der Waals surface area contributed by atoms with Crippen molar-refractivity contribution in [1.82, 2.24) is 0 Å². The molecule has 11 heteroatoms. The lowest BCUT2D eigenvalue weighted by Gasteiger charge is -2.03. The van der Waals surface area contributed by atoms with Crippen molar-refractivity contribution in [1.29, 1.82) is 0 Å². The number of carbonyl (C=O) groups is 1. The quantitative estimate of drug-likeness (QED) is 0.358. The Bertz CT molecular complexity index is 1210. The summed E-state index contributed by atoms with van der Waals surface area (Å²) < 4.78 is 15.6. The molecule has 2 aliphatic rings.